The molecule has 164 valence electrons. The summed E-state index contributed by atoms with van der Waals surface area (Å²) >= 11 is 0. The van der Waals surface area contributed by atoms with Gasteiger partial charge in [-0.15, -0.1) is 0 Å². The molecule has 5 rings (SSSR count). The molecule has 0 fully saturated rings. The van der Waals surface area contributed by atoms with Gasteiger partial charge in [0.2, 0.25) is 6.79 Å². The average molecular weight is 432 g/mol. The summed E-state index contributed by atoms with van der Waals surface area (Å²) in [4.78, 5) is 26.1. The Labute approximate surface area is 186 Å². The van der Waals surface area contributed by atoms with Crippen molar-refractivity contribution in [2.75, 3.05) is 13.4 Å². The van der Waals surface area contributed by atoms with E-state index in [0.29, 0.717) is 23.1 Å². The molecule has 1 aromatic carbocycles. The highest BCUT2D eigenvalue weighted by Crippen LogP contribution is 2.40. The number of hydrogen-bond acceptors (Lipinski definition) is 7. The maximum absolute atomic E-state index is 12.7. The number of hydrogen-bond donors (Lipinski definition) is 1. The van der Waals surface area contributed by atoms with Gasteiger partial charge in [0.25, 0.3) is 5.91 Å². The van der Waals surface area contributed by atoms with E-state index < -0.39 is 0 Å². The van der Waals surface area contributed by atoms with Crippen LogP contribution >= 0.6 is 0 Å². The van der Waals surface area contributed by atoms with E-state index in [0.717, 1.165) is 29.7 Å². The lowest BCUT2D eigenvalue weighted by molar-refractivity contribution is -0.124. The van der Waals surface area contributed by atoms with Crippen molar-refractivity contribution in [3.63, 3.8) is 0 Å². The summed E-state index contributed by atoms with van der Waals surface area (Å²) in [6, 6.07) is 8.86. The van der Waals surface area contributed by atoms with Gasteiger partial charge >= 0.3 is 0 Å². The number of rotatable bonds is 5. The predicted octanol–water partition coefficient (Wildman–Crippen LogP) is 3.48. The monoisotopic (exact) mass is 432 g/mol. The van der Waals surface area contributed by atoms with Crippen LogP contribution < -0.4 is 19.5 Å². The minimum Gasteiger partial charge on any atom is -0.484 e. The number of nitrogens with one attached hydrogen (secondary N) is 1. The van der Waals surface area contributed by atoms with E-state index in [9.17, 15) is 4.79 Å². The first-order valence-corrected chi connectivity index (χ1v) is 10.5. The van der Waals surface area contributed by atoms with Gasteiger partial charge in [0.1, 0.15) is 5.75 Å². The van der Waals surface area contributed by atoms with Crippen LogP contribution in [0.1, 0.15) is 37.6 Å². The average Bonchev–Trinajstić information content (AvgIpc) is 3.25. The third kappa shape index (κ3) is 4.21. The molecular formula is C24H24N4O4. The van der Waals surface area contributed by atoms with Crippen LogP contribution in [0.4, 0.5) is 0 Å². The Balaban J connectivity index is 1.30. The second-order valence-corrected chi connectivity index (χ2v) is 8.80. The fraction of sp³-hybridized carbons (Fsp3) is 0.333. The lowest BCUT2D eigenvalue weighted by atomic mass is 9.74. The topological polar surface area (TPSA) is 95.5 Å². The number of benzene rings is 1. The predicted molar refractivity (Wildman–Crippen MR) is 116 cm³/mol. The van der Waals surface area contributed by atoms with Gasteiger partial charge in [0.15, 0.2) is 23.9 Å². The van der Waals surface area contributed by atoms with E-state index in [1.54, 1.807) is 30.6 Å². The van der Waals surface area contributed by atoms with E-state index in [4.69, 9.17) is 19.2 Å². The molecule has 8 heteroatoms. The molecule has 3 heterocycles. The zero-order valence-electron chi connectivity index (χ0n) is 18.0. The lowest BCUT2D eigenvalue weighted by Crippen LogP contribution is -2.39. The van der Waals surface area contributed by atoms with Gasteiger partial charge in [0, 0.05) is 35.8 Å². The summed E-state index contributed by atoms with van der Waals surface area (Å²) in [5.41, 5.74) is 2.83. The van der Waals surface area contributed by atoms with Crippen LogP contribution in [0.25, 0.3) is 11.4 Å². The number of pyridine rings is 1. The fourth-order valence-corrected chi connectivity index (χ4v) is 4.17. The zero-order valence-corrected chi connectivity index (χ0v) is 18.0. The molecule has 8 nitrogen and oxygen atoms in total. The Morgan fingerprint density at radius 2 is 2.00 bits per heavy atom. The van der Waals surface area contributed by atoms with E-state index in [2.05, 4.69) is 29.1 Å². The summed E-state index contributed by atoms with van der Waals surface area (Å²) in [6.45, 7) is 4.47. The molecule has 3 aromatic rings. The molecule has 0 saturated heterocycles. The molecule has 1 aliphatic carbocycles. The van der Waals surface area contributed by atoms with E-state index in [1.165, 1.54) is 0 Å². The molecule has 1 N–H and O–H groups in total. The zero-order chi connectivity index (χ0) is 22.1. The third-order valence-electron chi connectivity index (χ3n) is 5.67. The fourth-order valence-electron chi connectivity index (χ4n) is 4.17. The maximum Gasteiger partial charge on any atom is 0.258 e. The van der Waals surface area contributed by atoms with Crippen LogP contribution in [0.15, 0.2) is 48.9 Å². The van der Waals surface area contributed by atoms with Crippen molar-refractivity contribution < 1.29 is 19.0 Å². The van der Waals surface area contributed by atoms with E-state index in [1.807, 2.05) is 18.3 Å². The Hall–Kier alpha value is -3.68. The minimum absolute atomic E-state index is 0.00695. The van der Waals surface area contributed by atoms with Gasteiger partial charge in [-0.3, -0.25) is 9.78 Å². The molecule has 0 saturated carbocycles. The van der Waals surface area contributed by atoms with Gasteiger partial charge in [0.05, 0.1) is 11.7 Å². The highest BCUT2D eigenvalue weighted by Gasteiger charge is 2.34. The Kier molecular flexibility index (Phi) is 5.13. The number of ether oxygens (including phenoxy) is 3. The molecule has 1 atom stereocenters. The normalized spacial score (nSPS) is 18.0. The standard InChI is InChI=1S/C24H24N4O4/c1-24(2)10-18(17-12-26-23(28-19(17)11-24)15-5-7-25-8-6-15)27-22(29)13-30-16-3-4-20-21(9-16)32-14-31-20/h3-9,12,18H,10-11,13-14H2,1-2H3,(H,27,29)/t18-/m1/s1. The number of carbonyl (C=O) groups is 1. The van der Waals surface area contributed by atoms with Gasteiger partial charge in [-0.05, 0) is 42.5 Å². The van der Waals surface area contributed by atoms with Crippen LogP contribution in [-0.2, 0) is 11.2 Å². The van der Waals surface area contributed by atoms with Crippen LogP contribution in [0.3, 0.4) is 0 Å². The maximum atomic E-state index is 12.7. The van der Waals surface area contributed by atoms with Gasteiger partial charge in [-0.2, -0.15) is 0 Å². The van der Waals surface area contributed by atoms with Crippen molar-refractivity contribution in [3.05, 3.63) is 60.2 Å². The van der Waals surface area contributed by atoms with Crippen molar-refractivity contribution in [2.45, 2.75) is 32.7 Å². The second kappa shape index (κ2) is 8.11. The molecule has 32 heavy (non-hydrogen) atoms. The summed E-state index contributed by atoms with van der Waals surface area (Å²) in [7, 11) is 0. The first-order chi connectivity index (χ1) is 15.5. The highest BCUT2D eigenvalue weighted by atomic mass is 16.7. The molecule has 0 bridgehead atoms. The summed E-state index contributed by atoms with van der Waals surface area (Å²) in [5, 5.41) is 3.10. The lowest BCUT2D eigenvalue weighted by Gasteiger charge is -2.36. The van der Waals surface area contributed by atoms with E-state index in [-0.39, 0.29) is 30.8 Å². The molecule has 2 aromatic heterocycles. The largest absolute Gasteiger partial charge is 0.484 e. The number of aromatic nitrogens is 3. The summed E-state index contributed by atoms with van der Waals surface area (Å²) in [5.74, 6) is 2.32. The number of amides is 1. The molecule has 0 unspecified atom stereocenters. The van der Waals surface area contributed by atoms with Crippen molar-refractivity contribution in [3.8, 4) is 28.6 Å². The second-order valence-electron chi connectivity index (χ2n) is 8.80. The minimum atomic E-state index is -0.200. The van der Waals surface area contributed by atoms with Gasteiger partial charge in [-0.25, -0.2) is 9.97 Å². The van der Waals surface area contributed by atoms with Gasteiger partial charge < -0.3 is 19.5 Å². The van der Waals surface area contributed by atoms with Crippen molar-refractivity contribution in [1.82, 2.24) is 20.3 Å². The van der Waals surface area contributed by atoms with Gasteiger partial charge in [-0.1, -0.05) is 13.8 Å². The number of nitrogens with zero attached hydrogens (tertiary/aromatic N) is 3. The molecule has 1 amide bonds. The van der Waals surface area contributed by atoms with Crippen molar-refractivity contribution >= 4 is 5.91 Å². The van der Waals surface area contributed by atoms with Crippen LogP contribution in [0.5, 0.6) is 17.2 Å². The Morgan fingerprint density at radius 3 is 2.84 bits per heavy atom. The molecule has 0 radical (unpaired) electrons. The number of fused-ring (bicyclic) bond motifs is 2. The van der Waals surface area contributed by atoms with Crippen LogP contribution in [-0.4, -0.2) is 34.3 Å². The molecule has 0 spiro atoms. The SMILES string of the molecule is CC1(C)Cc2nc(-c3ccncc3)ncc2[C@H](NC(=O)COc2ccc3c(c2)OCO3)C1. The summed E-state index contributed by atoms with van der Waals surface area (Å²) < 4.78 is 16.3. The van der Waals surface area contributed by atoms with Crippen LogP contribution in [0.2, 0.25) is 0 Å². The van der Waals surface area contributed by atoms with Crippen LogP contribution in [0, 0.1) is 5.41 Å². The van der Waals surface area contributed by atoms with Crippen molar-refractivity contribution in [1.29, 1.82) is 0 Å². The highest BCUT2D eigenvalue weighted by molar-refractivity contribution is 5.78. The number of carbonyl (C=O) groups excluding carboxylic acids is 1. The van der Waals surface area contributed by atoms with E-state index >= 15 is 0 Å². The smallest absolute Gasteiger partial charge is 0.258 e. The quantitative estimate of drug-likeness (QED) is 0.659. The first-order valence-electron chi connectivity index (χ1n) is 10.5. The molecular weight excluding hydrogens is 408 g/mol. The summed E-state index contributed by atoms with van der Waals surface area (Å²) in [6.07, 6.45) is 6.91. The molecule has 1 aliphatic heterocycles. The first kappa shape index (κ1) is 20.2. The molecule has 2 aliphatic rings. The third-order valence-corrected chi connectivity index (χ3v) is 5.67. The Bertz CT molecular complexity index is 1150. The Morgan fingerprint density at radius 1 is 1.19 bits per heavy atom. The van der Waals surface area contributed by atoms with Crippen molar-refractivity contribution in [2.24, 2.45) is 5.41 Å².